The van der Waals surface area contributed by atoms with Gasteiger partial charge in [-0.05, 0) is 43.0 Å². The van der Waals surface area contributed by atoms with Crippen molar-refractivity contribution in [3.8, 4) is 5.75 Å². The van der Waals surface area contributed by atoms with Gasteiger partial charge in [0.2, 0.25) is 0 Å². The van der Waals surface area contributed by atoms with Gasteiger partial charge < -0.3 is 14.2 Å². The number of ether oxygens (including phenoxy) is 3. The molecule has 1 saturated heterocycles. The summed E-state index contributed by atoms with van der Waals surface area (Å²) < 4.78 is 17.8. The monoisotopic (exact) mass is 419 g/mol. The number of benzene rings is 2. The van der Waals surface area contributed by atoms with Gasteiger partial charge in [0.25, 0.3) is 0 Å². The molecule has 5 unspecified atom stereocenters. The molecule has 0 amide bonds. The van der Waals surface area contributed by atoms with Crippen molar-refractivity contribution in [2.75, 3.05) is 20.4 Å². The summed E-state index contributed by atoms with van der Waals surface area (Å²) in [5.41, 5.74) is 2.82. The molecule has 5 atom stereocenters. The van der Waals surface area contributed by atoms with Crippen LogP contribution >= 0.6 is 0 Å². The highest BCUT2D eigenvalue weighted by Gasteiger charge is 2.49. The first-order valence-corrected chi connectivity index (χ1v) is 11.1. The maximum Gasteiger partial charge on any atom is 0.173 e. The van der Waals surface area contributed by atoms with Crippen LogP contribution in [-0.4, -0.2) is 43.3 Å². The molecule has 2 aromatic carbocycles. The minimum atomic E-state index is -0.126. The summed E-state index contributed by atoms with van der Waals surface area (Å²) in [6.07, 6.45) is 3.42. The van der Waals surface area contributed by atoms with Crippen molar-refractivity contribution in [3.63, 3.8) is 0 Å². The summed E-state index contributed by atoms with van der Waals surface area (Å²) in [5.74, 6) is 1.04. The highest BCUT2D eigenvalue weighted by Crippen LogP contribution is 2.43. The first kappa shape index (κ1) is 20.3. The highest BCUT2D eigenvalue weighted by molar-refractivity contribution is 6.22. The zero-order valence-electron chi connectivity index (χ0n) is 18.1. The molecule has 0 radical (unpaired) electrons. The Kier molecular flexibility index (Phi) is 5.55. The molecule has 1 aliphatic carbocycles. The number of methoxy groups -OCH3 is 1. The maximum absolute atomic E-state index is 13.4. The third-order valence-corrected chi connectivity index (χ3v) is 7.13. The zero-order chi connectivity index (χ0) is 21.4. The van der Waals surface area contributed by atoms with Gasteiger partial charge in [-0.15, -0.1) is 0 Å². The van der Waals surface area contributed by atoms with Gasteiger partial charge in [0.05, 0.1) is 37.7 Å². The van der Waals surface area contributed by atoms with Crippen LogP contribution in [0.5, 0.6) is 5.75 Å². The van der Waals surface area contributed by atoms with E-state index in [4.69, 9.17) is 14.2 Å². The Labute approximate surface area is 183 Å². The number of carbonyl (C=O) groups excluding carboxylic acids is 1. The third-order valence-electron chi connectivity index (χ3n) is 7.13. The van der Waals surface area contributed by atoms with E-state index in [-0.39, 0.29) is 35.9 Å². The van der Waals surface area contributed by atoms with E-state index in [1.54, 1.807) is 13.4 Å². The highest BCUT2D eigenvalue weighted by atomic mass is 16.5. The van der Waals surface area contributed by atoms with Crippen LogP contribution in [0.4, 0.5) is 0 Å². The maximum atomic E-state index is 13.4. The molecule has 2 heterocycles. The largest absolute Gasteiger partial charge is 0.497 e. The molecular formula is C26H29NO4. The Hall–Kier alpha value is -2.63. The molecule has 5 heteroatoms. The molecule has 5 rings (SSSR count). The summed E-state index contributed by atoms with van der Waals surface area (Å²) in [7, 11) is 1.64. The molecule has 162 valence electrons. The molecule has 0 N–H and O–H groups in total. The molecule has 3 aliphatic rings. The van der Waals surface area contributed by atoms with Crippen molar-refractivity contribution >= 4 is 11.4 Å². The van der Waals surface area contributed by atoms with Crippen LogP contribution < -0.4 is 4.74 Å². The molecule has 0 aromatic heterocycles. The lowest BCUT2D eigenvalue weighted by atomic mass is 9.71. The SMILES string of the molecule is COc1ccc(C2=COC3C(CCC4OCN(C(C)c5ccccc5)CC43)C2=O)cc1. The number of nitrogens with zero attached hydrogens (tertiary/aromatic N) is 1. The van der Waals surface area contributed by atoms with Crippen LogP contribution in [0.1, 0.15) is 36.9 Å². The van der Waals surface area contributed by atoms with Crippen LogP contribution in [0.25, 0.3) is 5.57 Å². The van der Waals surface area contributed by atoms with Gasteiger partial charge in [-0.25, -0.2) is 0 Å². The fraction of sp³-hybridized carbons (Fsp3) is 0.423. The van der Waals surface area contributed by atoms with Gasteiger partial charge in [-0.2, -0.15) is 0 Å². The fourth-order valence-corrected chi connectivity index (χ4v) is 5.25. The summed E-state index contributed by atoms with van der Waals surface area (Å²) in [4.78, 5) is 15.7. The standard InChI is InChI=1S/C26H29NO4/c1-17(18-6-4-3-5-7-18)27-14-22-24(31-16-27)13-12-21-25(28)23(15-30-26(21)22)19-8-10-20(29-2)11-9-19/h3-11,15,17,21-22,24,26H,12-14,16H2,1-2H3. The quantitative estimate of drug-likeness (QED) is 0.733. The fourth-order valence-electron chi connectivity index (χ4n) is 5.25. The number of hydrogen-bond acceptors (Lipinski definition) is 5. The average Bonchev–Trinajstić information content (AvgIpc) is 2.84. The molecule has 2 aromatic rings. The first-order valence-electron chi connectivity index (χ1n) is 11.1. The minimum Gasteiger partial charge on any atom is -0.497 e. The second kappa shape index (κ2) is 8.48. The molecule has 5 nitrogen and oxygen atoms in total. The molecule has 0 spiro atoms. The Bertz CT molecular complexity index is 955. The van der Waals surface area contributed by atoms with Gasteiger partial charge in [-0.1, -0.05) is 42.5 Å². The second-order valence-corrected chi connectivity index (χ2v) is 8.76. The lowest BCUT2D eigenvalue weighted by Crippen LogP contribution is -2.56. The van der Waals surface area contributed by atoms with E-state index in [1.807, 2.05) is 30.3 Å². The van der Waals surface area contributed by atoms with E-state index >= 15 is 0 Å². The van der Waals surface area contributed by atoms with Crippen molar-refractivity contribution in [1.82, 2.24) is 4.90 Å². The van der Waals surface area contributed by atoms with Gasteiger partial charge in [-0.3, -0.25) is 9.69 Å². The van der Waals surface area contributed by atoms with Crippen LogP contribution in [-0.2, 0) is 14.3 Å². The smallest absolute Gasteiger partial charge is 0.173 e. The summed E-state index contributed by atoms with van der Waals surface area (Å²) >= 11 is 0. The van der Waals surface area contributed by atoms with Crippen molar-refractivity contribution in [2.24, 2.45) is 11.8 Å². The Morgan fingerprint density at radius 2 is 1.84 bits per heavy atom. The van der Waals surface area contributed by atoms with E-state index in [2.05, 4.69) is 36.1 Å². The van der Waals surface area contributed by atoms with Gasteiger partial charge in [0.1, 0.15) is 11.9 Å². The van der Waals surface area contributed by atoms with Crippen LogP contribution in [0.2, 0.25) is 0 Å². The number of rotatable bonds is 4. The molecule has 1 saturated carbocycles. The van der Waals surface area contributed by atoms with Gasteiger partial charge in [0.15, 0.2) is 5.78 Å². The molecule has 0 bridgehead atoms. The number of allylic oxidation sites excluding steroid dienone is 1. The molecule has 2 fully saturated rings. The van der Waals surface area contributed by atoms with Crippen molar-refractivity contribution < 1.29 is 19.0 Å². The number of ketones is 1. The second-order valence-electron chi connectivity index (χ2n) is 8.76. The van der Waals surface area contributed by atoms with Crippen molar-refractivity contribution in [1.29, 1.82) is 0 Å². The van der Waals surface area contributed by atoms with E-state index < -0.39 is 0 Å². The predicted molar refractivity (Wildman–Crippen MR) is 118 cm³/mol. The summed E-state index contributed by atoms with van der Waals surface area (Å²) in [6.45, 7) is 3.71. The molecule has 31 heavy (non-hydrogen) atoms. The molecular weight excluding hydrogens is 390 g/mol. The number of hydrogen-bond donors (Lipinski definition) is 0. The summed E-state index contributed by atoms with van der Waals surface area (Å²) in [6, 6.07) is 18.4. The lowest BCUT2D eigenvalue weighted by molar-refractivity contribution is -0.176. The normalized spacial score (nSPS) is 29.2. The Morgan fingerprint density at radius 1 is 1.06 bits per heavy atom. The van der Waals surface area contributed by atoms with Crippen molar-refractivity contribution in [3.05, 3.63) is 72.0 Å². The van der Waals surface area contributed by atoms with Gasteiger partial charge in [0, 0.05) is 18.5 Å². The number of carbonyl (C=O) groups is 1. The first-order chi connectivity index (χ1) is 15.2. The van der Waals surface area contributed by atoms with E-state index in [0.717, 1.165) is 30.7 Å². The predicted octanol–water partition coefficient (Wildman–Crippen LogP) is 4.45. The van der Waals surface area contributed by atoms with E-state index in [0.29, 0.717) is 12.3 Å². The Balaban J connectivity index is 1.35. The molecule has 2 aliphatic heterocycles. The van der Waals surface area contributed by atoms with Crippen LogP contribution in [0, 0.1) is 11.8 Å². The van der Waals surface area contributed by atoms with Crippen molar-refractivity contribution in [2.45, 2.75) is 38.0 Å². The average molecular weight is 420 g/mol. The van der Waals surface area contributed by atoms with E-state index in [9.17, 15) is 4.79 Å². The van der Waals surface area contributed by atoms with Crippen LogP contribution in [0.15, 0.2) is 60.9 Å². The minimum absolute atomic E-state index is 0.112. The topological polar surface area (TPSA) is 48.0 Å². The lowest BCUT2D eigenvalue weighted by Gasteiger charge is -2.49. The number of Topliss-reactive ketones (excluding diaryl/α,β-unsaturated/α-hetero) is 1. The summed E-state index contributed by atoms with van der Waals surface area (Å²) in [5, 5.41) is 0. The third kappa shape index (κ3) is 3.77. The number of fused-ring (bicyclic) bond motifs is 3. The van der Waals surface area contributed by atoms with Crippen LogP contribution in [0.3, 0.4) is 0 Å². The Morgan fingerprint density at radius 3 is 2.58 bits per heavy atom. The van der Waals surface area contributed by atoms with E-state index in [1.165, 1.54) is 5.56 Å². The van der Waals surface area contributed by atoms with Gasteiger partial charge >= 0.3 is 0 Å². The zero-order valence-corrected chi connectivity index (χ0v) is 18.1.